The molecule has 2 fully saturated rings. The highest BCUT2D eigenvalue weighted by molar-refractivity contribution is 7.92. The topological polar surface area (TPSA) is 84.8 Å². The number of benzene rings is 3. The van der Waals surface area contributed by atoms with Gasteiger partial charge in [-0.3, -0.25) is 4.79 Å². The molecule has 0 aliphatic heterocycles. The molecule has 2 aliphatic carbocycles. The zero-order valence-corrected chi connectivity index (χ0v) is 23.1. The molecule has 216 valence electrons. The quantitative estimate of drug-likeness (QED) is 0.130. The number of amides is 1. The van der Waals surface area contributed by atoms with Crippen molar-refractivity contribution in [2.45, 2.75) is 42.4 Å². The Bertz CT molecular complexity index is 1580. The first kappa shape index (κ1) is 29.1. The summed E-state index contributed by atoms with van der Waals surface area (Å²) in [6, 6.07) is 11.2. The summed E-state index contributed by atoms with van der Waals surface area (Å²) >= 11 is 6.30. The number of nitrogens with zero attached hydrogens (tertiary/aromatic N) is 1. The second-order valence-electron chi connectivity index (χ2n) is 10.3. The van der Waals surface area contributed by atoms with Crippen LogP contribution in [0.1, 0.15) is 41.6 Å². The molecular formula is C29H25ClF4N2O4S. The molecule has 3 aromatic rings. The Morgan fingerprint density at radius 3 is 2.29 bits per heavy atom. The van der Waals surface area contributed by atoms with Crippen molar-refractivity contribution in [2.24, 2.45) is 22.9 Å². The SMILES string of the molecule is O=C(Nc1cc(F)c(F)c(F)c1)c1ccc(Cl)c(S(=O)(=O)C2C3CC[C@H]2CC(/C=N/OCc2ccccc2F)C3)c1. The molecule has 2 aliphatic rings. The smallest absolute Gasteiger partial charge is 0.255 e. The summed E-state index contributed by atoms with van der Waals surface area (Å²) in [4.78, 5) is 17.8. The molecule has 6 nitrogen and oxygen atoms in total. The van der Waals surface area contributed by atoms with Crippen molar-refractivity contribution < 1.29 is 35.6 Å². The monoisotopic (exact) mass is 608 g/mol. The Kier molecular flexibility index (Phi) is 8.37. The molecule has 41 heavy (non-hydrogen) atoms. The summed E-state index contributed by atoms with van der Waals surface area (Å²) in [6.07, 6.45) is 4.18. The van der Waals surface area contributed by atoms with E-state index >= 15 is 0 Å². The molecule has 0 saturated heterocycles. The number of sulfone groups is 1. The summed E-state index contributed by atoms with van der Waals surface area (Å²) in [5.74, 6) is -6.20. The molecule has 3 aromatic carbocycles. The van der Waals surface area contributed by atoms with Crippen LogP contribution in [0.3, 0.4) is 0 Å². The van der Waals surface area contributed by atoms with E-state index in [1.165, 1.54) is 18.2 Å². The van der Waals surface area contributed by atoms with Gasteiger partial charge in [0.25, 0.3) is 5.91 Å². The molecule has 0 aromatic heterocycles. The van der Waals surface area contributed by atoms with E-state index in [9.17, 15) is 30.8 Å². The molecule has 5 rings (SSSR count). The van der Waals surface area contributed by atoms with Gasteiger partial charge in [0.05, 0.1) is 15.2 Å². The van der Waals surface area contributed by atoms with Gasteiger partial charge in [-0.2, -0.15) is 0 Å². The van der Waals surface area contributed by atoms with Crippen LogP contribution < -0.4 is 5.32 Å². The molecule has 3 unspecified atom stereocenters. The summed E-state index contributed by atoms with van der Waals surface area (Å²) in [5.41, 5.74) is -0.0516. The van der Waals surface area contributed by atoms with Gasteiger partial charge >= 0.3 is 0 Å². The number of carbonyl (C=O) groups excluding carboxylic acids is 1. The van der Waals surface area contributed by atoms with Gasteiger partial charge in [0.1, 0.15) is 12.4 Å². The molecular weight excluding hydrogens is 584 g/mol. The normalized spacial score (nSPS) is 22.2. The Hall–Kier alpha value is -3.44. The standard InChI is InChI=1S/C29H25ClF4N2O4S/c30-22-8-7-19(29(37)36-21-12-24(32)27(34)25(33)13-21)11-26(22)41(38,39)28-17-5-6-18(28)10-16(9-17)14-35-40-15-20-3-1-2-4-23(20)31/h1-4,7-8,11-14,16-18,28H,5-6,9-10,15H2,(H,36,37)/b35-14+/t16?,17-,18?,28?/m0/s1. The number of nitrogens with one attached hydrogen (secondary N) is 1. The van der Waals surface area contributed by atoms with Crippen LogP contribution in [0, 0.1) is 41.0 Å². The molecule has 4 atom stereocenters. The van der Waals surface area contributed by atoms with Crippen molar-refractivity contribution in [1.29, 1.82) is 0 Å². The Labute approximate surface area is 239 Å². The molecule has 0 radical (unpaired) electrons. The molecule has 0 heterocycles. The zero-order chi connectivity index (χ0) is 29.3. The Morgan fingerprint density at radius 1 is 0.976 bits per heavy atom. The van der Waals surface area contributed by atoms with Gasteiger partial charge in [-0.25, -0.2) is 26.0 Å². The number of anilines is 1. The van der Waals surface area contributed by atoms with E-state index in [4.69, 9.17) is 16.4 Å². The van der Waals surface area contributed by atoms with E-state index in [2.05, 4.69) is 10.5 Å². The average molecular weight is 609 g/mol. The van der Waals surface area contributed by atoms with Gasteiger partial charge in [0, 0.05) is 35.2 Å². The Morgan fingerprint density at radius 2 is 1.63 bits per heavy atom. The molecule has 1 amide bonds. The zero-order valence-electron chi connectivity index (χ0n) is 21.5. The van der Waals surface area contributed by atoms with E-state index in [0.717, 1.165) is 6.07 Å². The van der Waals surface area contributed by atoms with Crippen LogP contribution in [0.25, 0.3) is 0 Å². The highest BCUT2D eigenvalue weighted by atomic mass is 35.5. The summed E-state index contributed by atoms with van der Waals surface area (Å²) in [7, 11) is -3.96. The molecule has 12 heteroatoms. The first-order valence-electron chi connectivity index (χ1n) is 12.9. The maximum atomic E-state index is 13.8. The number of fused-ring (bicyclic) bond motifs is 2. The first-order valence-corrected chi connectivity index (χ1v) is 14.8. The lowest BCUT2D eigenvalue weighted by Gasteiger charge is -2.33. The van der Waals surface area contributed by atoms with Crippen molar-refractivity contribution in [3.8, 4) is 0 Å². The van der Waals surface area contributed by atoms with E-state index in [1.54, 1.807) is 24.4 Å². The second kappa shape index (κ2) is 11.8. The molecule has 2 saturated carbocycles. The molecule has 2 bridgehead atoms. The van der Waals surface area contributed by atoms with Gasteiger partial charge in [0.2, 0.25) is 0 Å². The Balaban J connectivity index is 1.28. The van der Waals surface area contributed by atoms with Crippen LogP contribution in [-0.2, 0) is 21.3 Å². The largest absolute Gasteiger partial charge is 0.391 e. The lowest BCUT2D eigenvalue weighted by Crippen LogP contribution is -2.38. The third-order valence-electron chi connectivity index (χ3n) is 7.67. The summed E-state index contributed by atoms with van der Waals surface area (Å²) in [5, 5.41) is 5.48. The van der Waals surface area contributed by atoms with Crippen LogP contribution in [0.2, 0.25) is 5.02 Å². The van der Waals surface area contributed by atoms with E-state index in [1.807, 2.05) is 0 Å². The minimum atomic E-state index is -3.96. The number of hydrogen-bond donors (Lipinski definition) is 1. The highest BCUT2D eigenvalue weighted by Gasteiger charge is 2.49. The van der Waals surface area contributed by atoms with Crippen molar-refractivity contribution in [3.05, 3.63) is 94.0 Å². The van der Waals surface area contributed by atoms with Gasteiger partial charge in [-0.05, 0) is 67.7 Å². The second-order valence-corrected chi connectivity index (χ2v) is 12.8. The first-order chi connectivity index (χ1) is 19.5. The fourth-order valence-corrected chi connectivity index (χ4v) is 8.71. The predicted molar refractivity (Wildman–Crippen MR) is 145 cm³/mol. The lowest BCUT2D eigenvalue weighted by molar-refractivity contribution is 0.102. The maximum absolute atomic E-state index is 13.8. The maximum Gasteiger partial charge on any atom is 0.255 e. The van der Waals surface area contributed by atoms with Crippen molar-refractivity contribution >= 4 is 39.2 Å². The minimum absolute atomic E-state index is 0.0105. The van der Waals surface area contributed by atoms with Crippen LogP contribution in [0.4, 0.5) is 23.2 Å². The highest BCUT2D eigenvalue weighted by Crippen LogP contribution is 2.49. The predicted octanol–water partition coefficient (Wildman–Crippen LogP) is 6.93. The van der Waals surface area contributed by atoms with Crippen LogP contribution in [-0.4, -0.2) is 25.8 Å². The van der Waals surface area contributed by atoms with Crippen molar-refractivity contribution in [1.82, 2.24) is 0 Å². The summed E-state index contributed by atoms with van der Waals surface area (Å²) < 4.78 is 81.8. The fraction of sp³-hybridized carbons (Fsp3) is 0.310. The van der Waals surface area contributed by atoms with Gasteiger partial charge < -0.3 is 10.2 Å². The van der Waals surface area contributed by atoms with Gasteiger partial charge in [-0.15, -0.1) is 0 Å². The van der Waals surface area contributed by atoms with Gasteiger partial charge in [-0.1, -0.05) is 35.0 Å². The van der Waals surface area contributed by atoms with Crippen LogP contribution >= 0.6 is 11.6 Å². The third-order valence-corrected chi connectivity index (χ3v) is 10.6. The molecule has 1 N–H and O–H groups in total. The minimum Gasteiger partial charge on any atom is -0.391 e. The van der Waals surface area contributed by atoms with Crippen LogP contribution in [0.5, 0.6) is 0 Å². The van der Waals surface area contributed by atoms with Crippen molar-refractivity contribution in [3.63, 3.8) is 0 Å². The summed E-state index contributed by atoms with van der Waals surface area (Å²) in [6.45, 7) is -0.0206. The number of rotatable bonds is 8. The average Bonchev–Trinajstić information content (AvgIpc) is 3.22. The van der Waals surface area contributed by atoms with Gasteiger partial charge in [0.15, 0.2) is 27.3 Å². The number of hydrogen-bond acceptors (Lipinski definition) is 5. The molecule has 0 spiro atoms. The third kappa shape index (κ3) is 6.11. The number of halogens is 5. The van der Waals surface area contributed by atoms with E-state index in [-0.39, 0.29) is 51.3 Å². The van der Waals surface area contributed by atoms with E-state index < -0.39 is 38.4 Å². The van der Waals surface area contributed by atoms with E-state index in [0.29, 0.717) is 43.4 Å². The van der Waals surface area contributed by atoms with Crippen molar-refractivity contribution in [2.75, 3.05) is 5.32 Å². The number of carbonyl (C=O) groups is 1. The van der Waals surface area contributed by atoms with Crippen LogP contribution in [0.15, 0.2) is 64.6 Å². The lowest BCUT2D eigenvalue weighted by atomic mass is 9.81. The fourth-order valence-electron chi connectivity index (χ4n) is 5.84. The number of oxime groups is 1.